The maximum absolute atomic E-state index is 11.8. The van der Waals surface area contributed by atoms with Gasteiger partial charge in [0.25, 0.3) is 5.91 Å². The molecular weight excluding hydrogens is 320 g/mol. The van der Waals surface area contributed by atoms with Gasteiger partial charge in [-0.2, -0.15) is 11.8 Å². The summed E-state index contributed by atoms with van der Waals surface area (Å²) in [5, 5.41) is 6.74. The molecule has 0 aliphatic carbocycles. The van der Waals surface area contributed by atoms with Gasteiger partial charge in [0.2, 0.25) is 0 Å². The van der Waals surface area contributed by atoms with E-state index in [-0.39, 0.29) is 5.91 Å². The van der Waals surface area contributed by atoms with Gasteiger partial charge in [0.15, 0.2) is 5.96 Å². The fourth-order valence-corrected chi connectivity index (χ4v) is 3.89. The minimum absolute atomic E-state index is 0.0634. The summed E-state index contributed by atoms with van der Waals surface area (Å²) in [6, 6.07) is 7.66. The van der Waals surface area contributed by atoms with Crippen LogP contribution in [0.25, 0.3) is 0 Å². The van der Waals surface area contributed by atoms with Crippen LogP contribution in [0.15, 0.2) is 29.3 Å². The molecule has 1 heterocycles. The molecule has 1 fully saturated rings. The molecule has 1 aliphatic rings. The first kappa shape index (κ1) is 18.6. The Morgan fingerprint density at radius 3 is 2.96 bits per heavy atom. The van der Waals surface area contributed by atoms with Gasteiger partial charge >= 0.3 is 0 Å². The molecule has 0 radical (unpaired) electrons. The maximum atomic E-state index is 11.8. The fourth-order valence-electron chi connectivity index (χ4n) is 2.71. The normalized spacial score (nSPS) is 18.4. The number of nitrogens with one attached hydrogen (secondary N) is 2. The molecule has 132 valence electrons. The highest BCUT2D eigenvalue weighted by molar-refractivity contribution is 8.00. The Morgan fingerprint density at radius 1 is 1.42 bits per heavy atom. The molecule has 1 aromatic rings. The van der Waals surface area contributed by atoms with Gasteiger partial charge in [-0.3, -0.25) is 4.79 Å². The van der Waals surface area contributed by atoms with E-state index in [1.807, 2.05) is 24.3 Å². The largest absolute Gasteiger partial charge is 0.357 e. The quantitative estimate of drug-likeness (QED) is 0.633. The molecule has 2 N–H and O–H groups in total. The first-order valence-corrected chi connectivity index (χ1v) is 9.68. The van der Waals surface area contributed by atoms with Crippen molar-refractivity contribution in [3.05, 3.63) is 35.4 Å². The Hall–Kier alpha value is -1.69. The molecule has 0 bridgehead atoms. The second-order valence-corrected chi connectivity index (χ2v) is 7.20. The first-order chi connectivity index (χ1) is 11.7. The summed E-state index contributed by atoms with van der Waals surface area (Å²) in [6.45, 7) is 7.86. The van der Waals surface area contributed by atoms with Crippen LogP contribution < -0.4 is 10.6 Å². The molecule has 1 aliphatic heterocycles. The van der Waals surface area contributed by atoms with Crippen molar-refractivity contribution in [1.82, 2.24) is 15.5 Å². The third-order valence-electron chi connectivity index (χ3n) is 4.06. The number of hydrogen-bond donors (Lipinski definition) is 2. The highest BCUT2D eigenvalue weighted by Gasteiger charge is 2.21. The Balaban J connectivity index is 2.09. The van der Waals surface area contributed by atoms with Crippen molar-refractivity contribution in [3.63, 3.8) is 0 Å². The molecule has 1 saturated heterocycles. The number of amides is 1. The van der Waals surface area contributed by atoms with Crippen LogP contribution in [0.4, 0.5) is 0 Å². The number of aliphatic imine (C=N–C) groups is 1. The highest BCUT2D eigenvalue weighted by atomic mass is 32.2. The smallest absolute Gasteiger partial charge is 0.251 e. The predicted octanol–water partition coefficient (Wildman–Crippen LogP) is 2.34. The number of benzene rings is 1. The van der Waals surface area contributed by atoms with E-state index in [9.17, 15) is 4.79 Å². The Kier molecular flexibility index (Phi) is 7.43. The number of carbonyl (C=O) groups is 1. The third kappa shape index (κ3) is 5.16. The Labute approximate surface area is 149 Å². The molecule has 5 nitrogen and oxygen atoms in total. The lowest BCUT2D eigenvalue weighted by atomic mass is 10.1. The lowest BCUT2D eigenvalue weighted by molar-refractivity contribution is 0.0963. The van der Waals surface area contributed by atoms with Crippen LogP contribution in [0.3, 0.4) is 0 Å². The zero-order valence-electron chi connectivity index (χ0n) is 14.8. The van der Waals surface area contributed by atoms with Crippen molar-refractivity contribution in [2.45, 2.75) is 32.1 Å². The lowest BCUT2D eigenvalue weighted by Crippen LogP contribution is -2.48. The molecule has 1 aromatic carbocycles. The number of hydrogen-bond acceptors (Lipinski definition) is 3. The summed E-state index contributed by atoms with van der Waals surface area (Å²) in [6.07, 6.45) is 1.19. The number of thioether (sulfide) groups is 1. The van der Waals surface area contributed by atoms with Gasteiger partial charge in [-0.15, -0.1) is 0 Å². The summed E-state index contributed by atoms with van der Waals surface area (Å²) in [7, 11) is 1.65. The van der Waals surface area contributed by atoms with Crippen LogP contribution in [-0.2, 0) is 6.54 Å². The molecule has 0 spiro atoms. The third-order valence-corrected chi connectivity index (χ3v) is 5.43. The highest BCUT2D eigenvalue weighted by Crippen LogP contribution is 2.21. The van der Waals surface area contributed by atoms with Crippen molar-refractivity contribution < 1.29 is 4.79 Å². The van der Waals surface area contributed by atoms with Gasteiger partial charge < -0.3 is 15.5 Å². The lowest BCUT2D eigenvalue weighted by Gasteiger charge is -2.34. The topological polar surface area (TPSA) is 56.7 Å². The maximum Gasteiger partial charge on any atom is 0.251 e. The molecule has 1 atom stereocenters. The summed E-state index contributed by atoms with van der Waals surface area (Å²) < 4.78 is 0. The van der Waals surface area contributed by atoms with E-state index >= 15 is 0 Å². The molecule has 0 aromatic heterocycles. The Morgan fingerprint density at radius 2 is 2.25 bits per heavy atom. The van der Waals surface area contributed by atoms with Crippen molar-refractivity contribution >= 4 is 23.6 Å². The molecule has 1 unspecified atom stereocenters. The van der Waals surface area contributed by atoms with E-state index < -0.39 is 0 Å². The number of guanidine groups is 1. The van der Waals surface area contributed by atoms with Gasteiger partial charge in [0.1, 0.15) is 0 Å². The van der Waals surface area contributed by atoms with Crippen LogP contribution in [0.1, 0.15) is 36.2 Å². The van der Waals surface area contributed by atoms with Gasteiger partial charge in [0, 0.05) is 43.2 Å². The standard InChI is InChI=1S/C18H28N4OS/c1-4-16-13-22(9-10-24-16)18(20-5-2)21-12-14-7-6-8-15(11-14)17(23)19-3/h6-8,11,16H,4-5,9-10,12-13H2,1-3H3,(H,19,23)(H,20,21). The van der Waals surface area contributed by atoms with Crippen molar-refractivity contribution in [1.29, 1.82) is 0 Å². The SMILES string of the molecule is CCNC(=NCc1cccc(C(=O)NC)c1)N1CCSC(CC)C1. The zero-order chi connectivity index (χ0) is 17.4. The van der Waals surface area contributed by atoms with Crippen LogP contribution in [0.5, 0.6) is 0 Å². The molecule has 24 heavy (non-hydrogen) atoms. The van der Waals surface area contributed by atoms with Crippen LogP contribution in [0, 0.1) is 0 Å². The first-order valence-electron chi connectivity index (χ1n) is 8.63. The second-order valence-electron chi connectivity index (χ2n) is 5.80. The molecular formula is C18H28N4OS. The predicted molar refractivity (Wildman–Crippen MR) is 103 cm³/mol. The van der Waals surface area contributed by atoms with Crippen molar-refractivity contribution in [2.75, 3.05) is 32.4 Å². The average Bonchev–Trinajstić information content (AvgIpc) is 2.64. The van der Waals surface area contributed by atoms with E-state index in [0.29, 0.717) is 17.4 Å². The zero-order valence-corrected chi connectivity index (χ0v) is 15.7. The van der Waals surface area contributed by atoms with Gasteiger partial charge in [-0.25, -0.2) is 4.99 Å². The van der Waals surface area contributed by atoms with E-state index in [4.69, 9.17) is 4.99 Å². The molecule has 0 saturated carbocycles. The van der Waals surface area contributed by atoms with E-state index in [0.717, 1.165) is 36.9 Å². The van der Waals surface area contributed by atoms with Gasteiger partial charge in [-0.1, -0.05) is 19.1 Å². The molecule has 2 rings (SSSR count). The number of nitrogens with zero attached hydrogens (tertiary/aromatic N) is 2. The summed E-state index contributed by atoms with van der Waals surface area (Å²) in [4.78, 5) is 18.9. The van der Waals surface area contributed by atoms with Crippen LogP contribution in [-0.4, -0.2) is 54.5 Å². The Bertz CT molecular complexity index is 576. The van der Waals surface area contributed by atoms with E-state index in [2.05, 4.69) is 41.1 Å². The second kappa shape index (κ2) is 9.57. The monoisotopic (exact) mass is 348 g/mol. The van der Waals surface area contributed by atoms with Crippen molar-refractivity contribution in [2.24, 2.45) is 4.99 Å². The van der Waals surface area contributed by atoms with E-state index in [1.165, 1.54) is 6.42 Å². The summed E-state index contributed by atoms with van der Waals surface area (Å²) >= 11 is 2.06. The average molecular weight is 349 g/mol. The summed E-state index contributed by atoms with van der Waals surface area (Å²) in [5.74, 6) is 2.06. The fraction of sp³-hybridized carbons (Fsp3) is 0.556. The minimum Gasteiger partial charge on any atom is -0.357 e. The van der Waals surface area contributed by atoms with Gasteiger partial charge in [0.05, 0.1) is 6.54 Å². The van der Waals surface area contributed by atoms with Crippen LogP contribution in [0.2, 0.25) is 0 Å². The van der Waals surface area contributed by atoms with Crippen LogP contribution >= 0.6 is 11.8 Å². The van der Waals surface area contributed by atoms with Gasteiger partial charge in [-0.05, 0) is 31.0 Å². The molecule has 6 heteroatoms. The molecule has 1 amide bonds. The number of rotatable bonds is 5. The summed E-state index contributed by atoms with van der Waals surface area (Å²) in [5.41, 5.74) is 1.72. The van der Waals surface area contributed by atoms with E-state index in [1.54, 1.807) is 7.05 Å². The minimum atomic E-state index is -0.0634. The van der Waals surface area contributed by atoms with Crippen molar-refractivity contribution in [3.8, 4) is 0 Å². The number of carbonyl (C=O) groups excluding carboxylic acids is 1.